The van der Waals surface area contributed by atoms with Crippen LogP contribution in [0.15, 0.2) is 6.07 Å². The number of halogens is 1. The van der Waals surface area contributed by atoms with Crippen LogP contribution in [0, 0.1) is 13.8 Å². The molecule has 0 bridgehead atoms. The lowest BCUT2D eigenvalue weighted by Gasteiger charge is -1.97. The van der Waals surface area contributed by atoms with E-state index >= 15 is 0 Å². The first-order valence-electron chi connectivity index (χ1n) is 3.88. The molecule has 6 nitrogen and oxygen atoms in total. The van der Waals surface area contributed by atoms with Gasteiger partial charge in [-0.05, 0) is 19.9 Å². The quantitative estimate of drug-likeness (QED) is 0.391. The smallest absolute Gasteiger partial charge is 0.258 e. The number of aromatic nitrogens is 4. The largest absolute Gasteiger partial charge is 1.00 e. The molecule has 0 fully saturated rings. The van der Waals surface area contributed by atoms with Gasteiger partial charge in [0.05, 0.1) is 0 Å². The zero-order chi connectivity index (χ0) is 9.42. The Morgan fingerprint density at radius 1 is 1.36 bits per heavy atom. The summed E-state index contributed by atoms with van der Waals surface area (Å²) in [7, 11) is 0. The van der Waals surface area contributed by atoms with Crippen LogP contribution in [0.25, 0.3) is 5.78 Å². The summed E-state index contributed by atoms with van der Waals surface area (Å²) in [5, 5.41) is 4.08. The van der Waals surface area contributed by atoms with Crippen molar-refractivity contribution in [3.63, 3.8) is 0 Å². The highest BCUT2D eigenvalue weighted by molar-refractivity contribution is 5.37. The van der Waals surface area contributed by atoms with Crippen LogP contribution in [-0.4, -0.2) is 19.6 Å². The molecule has 0 aliphatic rings. The minimum atomic E-state index is 0. The van der Waals surface area contributed by atoms with Gasteiger partial charge in [-0.3, -0.25) is 5.43 Å². The van der Waals surface area contributed by atoms with Crippen molar-refractivity contribution in [2.75, 3.05) is 5.43 Å². The second kappa shape index (κ2) is 3.77. The summed E-state index contributed by atoms with van der Waals surface area (Å²) in [6.45, 7) is 3.86. The monoisotopic (exact) mass is 213 g/mol. The van der Waals surface area contributed by atoms with Crippen LogP contribution in [0.1, 0.15) is 11.4 Å². The molecule has 2 aromatic rings. The number of rotatable bonds is 1. The molecule has 76 valence electrons. The average molecular weight is 214 g/mol. The highest BCUT2D eigenvalue weighted by Gasteiger charge is 2.05. The SMILES string of the molecule is Cc1cc(C)n2nc(NN)nc2n1.[Cl-]. The fourth-order valence-corrected chi connectivity index (χ4v) is 1.23. The van der Waals surface area contributed by atoms with Gasteiger partial charge in [0.15, 0.2) is 0 Å². The summed E-state index contributed by atoms with van der Waals surface area (Å²) >= 11 is 0. The van der Waals surface area contributed by atoms with Gasteiger partial charge in [-0.15, -0.1) is 5.10 Å². The Morgan fingerprint density at radius 3 is 2.71 bits per heavy atom. The van der Waals surface area contributed by atoms with Gasteiger partial charge in [0.25, 0.3) is 11.7 Å². The first kappa shape index (κ1) is 10.7. The number of nitrogens with two attached hydrogens (primary N) is 1. The molecule has 0 radical (unpaired) electrons. The molecule has 2 heterocycles. The number of nitrogens with one attached hydrogen (secondary N) is 1. The summed E-state index contributed by atoms with van der Waals surface area (Å²) in [6.07, 6.45) is 0. The molecule has 0 saturated heterocycles. The summed E-state index contributed by atoms with van der Waals surface area (Å²) in [5.41, 5.74) is 4.28. The van der Waals surface area contributed by atoms with Gasteiger partial charge in [-0.2, -0.15) is 9.50 Å². The van der Waals surface area contributed by atoms with E-state index in [1.807, 2.05) is 19.9 Å². The van der Waals surface area contributed by atoms with Crippen LogP contribution >= 0.6 is 0 Å². The third kappa shape index (κ3) is 1.61. The summed E-state index contributed by atoms with van der Waals surface area (Å²) in [5.74, 6) is 6.12. The first-order valence-corrected chi connectivity index (χ1v) is 3.88. The zero-order valence-corrected chi connectivity index (χ0v) is 8.58. The van der Waals surface area contributed by atoms with Crippen molar-refractivity contribution in [3.8, 4) is 0 Å². The summed E-state index contributed by atoms with van der Waals surface area (Å²) in [6, 6.07) is 1.93. The van der Waals surface area contributed by atoms with Gasteiger partial charge < -0.3 is 12.4 Å². The second-order valence-corrected chi connectivity index (χ2v) is 2.83. The minimum absolute atomic E-state index is 0. The lowest BCUT2D eigenvalue weighted by Crippen LogP contribution is -3.00. The Kier molecular flexibility index (Phi) is 2.87. The number of nitrogen functional groups attached to an aromatic ring is 1. The zero-order valence-electron chi connectivity index (χ0n) is 7.82. The van der Waals surface area contributed by atoms with Gasteiger partial charge in [0, 0.05) is 11.4 Å². The number of hydrazine groups is 1. The maximum absolute atomic E-state index is 5.19. The van der Waals surface area contributed by atoms with Crippen molar-refractivity contribution in [2.45, 2.75) is 13.8 Å². The topological polar surface area (TPSA) is 81.1 Å². The molecule has 0 aliphatic carbocycles. The number of aryl methyl sites for hydroxylation is 2. The van der Waals surface area contributed by atoms with Gasteiger partial charge in [0.1, 0.15) is 0 Å². The molecule has 2 rings (SSSR count). The summed E-state index contributed by atoms with van der Waals surface area (Å²) < 4.78 is 1.64. The van der Waals surface area contributed by atoms with Gasteiger partial charge in [0.2, 0.25) is 0 Å². The third-order valence-electron chi connectivity index (χ3n) is 1.75. The molecular weight excluding hydrogens is 204 g/mol. The Balaban J connectivity index is 0.000000980. The second-order valence-electron chi connectivity index (χ2n) is 2.83. The van der Waals surface area contributed by atoms with Gasteiger partial charge in [-0.1, -0.05) is 0 Å². The fourth-order valence-electron chi connectivity index (χ4n) is 1.23. The Morgan fingerprint density at radius 2 is 2.07 bits per heavy atom. The third-order valence-corrected chi connectivity index (χ3v) is 1.75. The van der Waals surface area contributed by atoms with Crippen molar-refractivity contribution >= 4 is 11.7 Å². The lowest BCUT2D eigenvalue weighted by molar-refractivity contribution is -0.00000324. The average Bonchev–Trinajstić information content (AvgIpc) is 2.47. The number of anilines is 1. The van der Waals surface area contributed by atoms with Crippen molar-refractivity contribution < 1.29 is 12.4 Å². The van der Waals surface area contributed by atoms with E-state index in [0.717, 1.165) is 11.4 Å². The van der Waals surface area contributed by atoms with E-state index in [-0.39, 0.29) is 12.4 Å². The molecule has 3 N–H and O–H groups in total. The number of hydrogen-bond donors (Lipinski definition) is 2. The maximum Gasteiger partial charge on any atom is 0.258 e. The van der Waals surface area contributed by atoms with Crippen molar-refractivity contribution in [1.82, 2.24) is 19.6 Å². The molecule has 0 aromatic carbocycles. The van der Waals surface area contributed by atoms with Crippen molar-refractivity contribution in [1.29, 1.82) is 0 Å². The Hall–Kier alpha value is -1.40. The molecule has 0 saturated carbocycles. The van der Waals surface area contributed by atoms with E-state index in [1.54, 1.807) is 4.52 Å². The van der Waals surface area contributed by atoms with Crippen LogP contribution in [0.3, 0.4) is 0 Å². The molecular formula is C7H10ClN6-. The summed E-state index contributed by atoms with van der Waals surface area (Å²) in [4.78, 5) is 8.26. The molecule has 0 amide bonds. The van der Waals surface area contributed by atoms with Crippen LogP contribution in [0.4, 0.5) is 5.95 Å². The molecule has 2 aromatic heterocycles. The van der Waals surface area contributed by atoms with Crippen LogP contribution in [0.5, 0.6) is 0 Å². The molecule has 0 atom stereocenters. The Labute approximate surface area is 86.9 Å². The predicted molar refractivity (Wildman–Crippen MR) is 48.1 cm³/mol. The normalized spacial score (nSPS) is 9.93. The highest BCUT2D eigenvalue weighted by Crippen LogP contribution is 2.06. The molecule has 0 spiro atoms. The predicted octanol–water partition coefficient (Wildman–Crippen LogP) is -2.97. The van der Waals surface area contributed by atoms with E-state index in [4.69, 9.17) is 5.84 Å². The fraction of sp³-hybridized carbons (Fsp3) is 0.286. The minimum Gasteiger partial charge on any atom is -1.00 e. The molecule has 0 unspecified atom stereocenters. The molecule has 7 heteroatoms. The van der Waals surface area contributed by atoms with E-state index in [1.165, 1.54) is 0 Å². The van der Waals surface area contributed by atoms with E-state index < -0.39 is 0 Å². The number of nitrogens with zero attached hydrogens (tertiary/aromatic N) is 4. The van der Waals surface area contributed by atoms with Crippen LogP contribution in [-0.2, 0) is 0 Å². The van der Waals surface area contributed by atoms with E-state index in [9.17, 15) is 0 Å². The number of hydrogen-bond acceptors (Lipinski definition) is 5. The lowest BCUT2D eigenvalue weighted by atomic mass is 10.4. The van der Waals surface area contributed by atoms with Crippen LogP contribution < -0.4 is 23.7 Å². The molecule has 0 aliphatic heterocycles. The van der Waals surface area contributed by atoms with E-state index in [0.29, 0.717) is 11.7 Å². The number of fused-ring (bicyclic) bond motifs is 1. The van der Waals surface area contributed by atoms with Gasteiger partial charge >= 0.3 is 0 Å². The van der Waals surface area contributed by atoms with Crippen LogP contribution in [0.2, 0.25) is 0 Å². The standard InChI is InChI=1S/C7H10N6.ClH/c1-4-3-5(2)13-7(9-4)10-6(11-8)12-13;/h3H,8H2,1-2H3,(H,11,12);1H/p-1. The van der Waals surface area contributed by atoms with Crippen molar-refractivity contribution in [2.24, 2.45) is 5.84 Å². The van der Waals surface area contributed by atoms with E-state index in [2.05, 4.69) is 20.5 Å². The molecule has 14 heavy (non-hydrogen) atoms. The maximum atomic E-state index is 5.19. The van der Waals surface area contributed by atoms with Gasteiger partial charge in [-0.25, -0.2) is 10.8 Å². The first-order chi connectivity index (χ1) is 6.20. The van der Waals surface area contributed by atoms with Crippen molar-refractivity contribution in [3.05, 3.63) is 17.5 Å². The highest BCUT2D eigenvalue weighted by atomic mass is 35.5. The Bertz CT molecular complexity index is 451.